The SMILES string of the molecule is CC(O)CCN(C)C(=O)Cc1ccccc1CN. The number of nitrogens with zero attached hydrogens (tertiary/aromatic N) is 1. The molecule has 0 aliphatic heterocycles. The lowest BCUT2D eigenvalue weighted by molar-refractivity contribution is -0.129. The van der Waals surface area contributed by atoms with Gasteiger partial charge in [-0.1, -0.05) is 24.3 Å². The minimum Gasteiger partial charge on any atom is -0.393 e. The molecule has 100 valence electrons. The van der Waals surface area contributed by atoms with Gasteiger partial charge in [-0.2, -0.15) is 0 Å². The Hall–Kier alpha value is -1.39. The Morgan fingerprint density at radius 3 is 2.56 bits per heavy atom. The van der Waals surface area contributed by atoms with Gasteiger partial charge in [-0.25, -0.2) is 0 Å². The molecule has 1 atom stereocenters. The number of rotatable bonds is 6. The Balaban J connectivity index is 2.58. The van der Waals surface area contributed by atoms with Crippen LogP contribution in [0.2, 0.25) is 0 Å². The van der Waals surface area contributed by atoms with Crippen molar-refractivity contribution in [1.29, 1.82) is 0 Å². The topological polar surface area (TPSA) is 66.6 Å². The predicted octanol–water partition coefficient (Wildman–Crippen LogP) is 0.917. The van der Waals surface area contributed by atoms with Crippen LogP contribution < -0.4 is 5.73 Å². The minimum absolute atomic E-state index is 0.0524. The minimum atomic E-state index is -0.378. The van der Waals surface area contributed by atoms with Gasteiger partial charge in [0.1, 0.15) is 0 Å². The van der Waals surface area contributed by atoms with E-state index >= 15 is 0 Å². The monoisotopic (exact) mass is 250 g/mol. The molecule has 1 rings (SSSR count). The molecule has 0 fully saturated rings. The highest BCUT2D eigenvalue weighted by Crippen LogP contribution is 2.10. The van der Waals surface area contributed by atoms with Gasteiger partial charge in [0.2, 0.25) is 5.91 Å². The Morgan fingerprint density at radius 2 is 2.00 bits per heavy atom. The van der Waals surface area contributed by atoms with Gasteiger partial charge in [0.05, 0.1) is 12.5 Å². The van der Waals surface area contributed by atoms with Crippen LogP contribution in [0.5, 0.6) is 0 Å². The summed E-state index contributed by atoms with van der Waals surface area (Å²) >= 11 is 0. The molecular weight excluding hydrogens is 228 g/mol. The summed E-state index contributed by atoms with van der Waals surface area (Å²) in [6.07, 6.45) is 0.585. The first-order valence-electron chi connectivity index (χ1n) is 6.23. The number of aliphatic hydroxyl groups is 1. The van der Waals surface area contributed by atoms with Crippen molar-refractivity contribution in [1.82, 2.24) is 4.90 Å². The third-order valence-electron chi connectivity index (χ3n) is 2.99. The quantitative estimate of drug-likeness (QED) is 0.789. The number of hydrogen-bond donors (Lipinski definition) is 2. The summed E-state index contributed by atoms with van der Waals surface area (Å²) in [7, 11) is 1.76. The van der Waals surface area contributed by atoms with E-state index in [4.69, 9.17) is 5.73 Å². The third-order valence-corrected chi connectivity index (χ3v) is 2.99. The number of hydrogen-bond acceptors (Lipinski definition) is 3. The molecule has 0 heterocycles. The third kappa shape index (κ3) is 4.47. The number of amides is 1. The van der Waals surface area contributed by atoms with Gasteiger partial charge in [0, 0.05) is 20.1 Å². The zero-order valence-electron chi connectivity index (χ0n) is 11.1. The second kappa shape index (κ2) is 7.13. The lowest BCUT2D eigenvalue weighted by Crippen LogP contribution is -2.31. The van der Waals surface area contributed by atoms with Gasteiger partial charge < -0.3 is 15.7 Å². The van der Waals surface area contributed by atoms with Crippen molar-refractivity contribution in [3.63, 3.8) is 0 Å². The highest BCUT2D eigenvalue weighted by molar-refractivity contribution is 5.78. The normalized spacial score (nSPS) is 12.2. The summed E-state index contributed by atoms with van der Waals surface area (Å²) in [5.74, 6) is 0.0524. The Labute approximate surface area is 108 Å². The van der Waals surface area contributed by atoms with Gasteiger partial charge in [0.15, 0.2) is 0 Å². The van der Waals surface area contributed by atoms with Crippen molar-refractivity contribution in [3.05, 3.63) is 35.4 Å². The van der Waals surface area contributed by atoms with E-state index in [1.807, 2.05) is 24.3 Å². The van der Waals surface area contributed by atoms with Gasteiger partial charge in [-0.3, -0.25) is 4.79 Å². The highest BCUT2D eigenvalue weighted by Gasteiger charge is 2.12. The molecule has 1 aromatic carbocycles. The molecule has 4 nitrogen and oxygen atoms in total. The molecule has 0 saturated carbocycles. The summed E-state index contributed by atoms with van der Waals surface area (Å²) in [5.41, 5.74) is 7.63. The van der Waals surface area contributed by atoms with E-state index in [2.05, 4.69) is 0 Å². The van der Waals surface area contributed by atoms with Crippen LogP contribution >= 0.6 is 0 Å². The molecule has 0 saturated heterocycles. The molecule has 18 heavy (non-hydrogen) atoms. The predicted molar refractivity (Wildman–Crippen MR) is 72.0 cm³/mol. The van der Waals surface area contributed by atoms with Crippen molar-refractivity contribution in [2.24, 2.45) is 5.73 Å². The van der Waals surface area contributed by atoms with Crippen LogP contribution in [-0.4, -0.2) is 35.6 Å². The first-order chi connectivity index (χ1) is 8.54. The van der Waals surface area contributed by atoms with E-state index < -0.39 is 0 Å². The largest absolute Gasteiger partial charge is 0.393 e. The molecule has 1 amide bonds. The van der Waals surface area contributed by atoms with Crippen molar-refractivity contribution >= 4 is 5.91 Å². The standard InChI is InChI=1S/C14H22N2O2/c1-11(17)7-8-16(2)14(18)9-12-5-3-4-6-13(12)10-15/h3-6,11,17H,7-10,15H2,1-2H3. The van der Waals surface area contributed by atoms with Crippen LogP contribution in [0.15, 0.2) is 24.3 Å². The van der Waals surface area contributed by atoms with Crippen LogP contribution in [0.4, 0.5) is 0 Å². The first-order valence-corrected chi connectivity index (χ1v) is 6.23. The maximum Gasteiger partial charge on any atom is 0.226 e. The van der Waals surface area contributed by atoms with E-state index in [1.54, 1.807) is 18.9 Å². The fourth-order valence-electron chi connectivity index (χ4n) is 1.73. The van der Waals surface area contributed by atoms with E-state index in [9.17, 15) is 9.90 Å². The molecule has 0 radical (unpaired) electrons. The van der Waals surface area contributed by atoms with E-state index in [0.717, 1.165) is 11.1 Å². The second-order valence-corrected chi connectivity index (χ2v) is 4.60. The van der Waals surface area contributed by atoms with E-state index in [1.165, 1.54) is 0 Å². The summed E-state index contributed by atoms with van der Waals surface area (Å²) in [6.45, 7) is 2.74. The molecule has 0 aliphatic carbocycles. The zero-order chi connectivity index (χ0) is 13.5. The fourth-order valence-corrected chi connectivity index (χ4v) is 1.73. The number of carbonyl (C=O) groups is 1. The molecule has 1 unspecified atom stereocenters. The Kier molecular flexibility index (Phi) is 5.82. The molecule has 1 aromatic rings. The van der Waals surface area contributed by atoms with Crippen molar-refractivity contribution < 1.29 is 9.90 Å². The van der Waals surface area contributed by atoms with Crippen molar-refractivity contribution in [2.75, 3.05) is 13.6 Å². The van der Waals surface area contributed by atoms with Crippen LogP contribution in [0, 0.1) is 0 Å². The number of carbonyl (C=O) groups excluding carboxylic acids is 1. The molecule has 0 spiro atoms. The van der Waals surface area contributed by atoms with Gasteiger partial charge in [-0.05, 0) is 24.5 Å². The molecule has 0 aliphatic rings. The highest BCUT2D eigenvalue weighted by atomic mass is 16.3. The van der Waals surface area contributed by atoms with Crippen LogP contribution in [-0.2, 0) is 17.8 Å². The van der Waals surface area contributed by atoms with E-state index in [0.29, 0.717) is 25.9 Å². The average Bonchev–Trinajstić information content (AvgIpc) is 2.36. The van der Waals surface area contributed by atoms with Crippen LogP contribution in [0.25, 0.3) is 0 Å². The maximum absolute atomic E-state index is 12.0. The molecule has 3 N–H and O–H groups in total. The van der Waals surface area contributed by atoms with Crippen molar-refractivity contribution in [3.8, 4) is 0 Å². The summed E-state index contributed by atoms with van der Waals surface area (Å²) in [6, 6.07) is 7.71. The lowest BCUT2D eigenvalue weighted by Gasteiger charge is -2.18. The summed E-state index contributed by atoms with van der Waals surface area (Å²) in [4.78, 5) is 13.6. The van der Waals surface area contributed by atoms with Gasteiger partial charge in [-0.15, -0.1) is 0 Å². The maximum atomic E-state index is 12.0. The molecular formula is C14H22N2O2. The van der Waals surface area contributed by atoms with E-state index in [-0.39, 0.29) is 12.0 Å². The fraction of sp³-hybridized carbons (Fsp3) is 0.500. The van der Waals surface area contributed by atoms with Crippen molar-refractivity contribution in [2.45, 2.75) is 32.4 Å². The molecule has 0 bridgehead atoms. The number of benzene rings is 1. The number of nitrogens with two attached hydrogens (primary N) is 1. The van der Waals surface area contributed by atoms with Gasteiger partial charge >= 0.3 is 0 Å². The first kappa shape index (κ1) is 14.7. The average molecular weight is 250 g/mol. The lowest BCUT2D eigenvalue weighted by atomic mass is 10.0. The Bertz CT molecular complexity index is 391. The number of aliphatic hydroxyl groups excluding tert-OH is 1. The summed E-state index contributed by atoms with van der Waals surface area (Å²) in [5, 5.41) is 9.20. The second-order valence-electron chi connectivity index (χ2n) is 4.60. The van der Waals surface area contributed by atoms with Crippen LogP contribution in [0.3, 0.4) is 0 Å². The Morgan fingerprint density at radius 1 is 1.39 bits per heavy atom. The zero-order valence-corrected chi connectivity index (χ0v) is 11.1. The molecule has 0 aromatic heterocycles. The summed E-state index contributed by atoms with van der Waals surface area (Å²) < 4.78 is 0. The van der Waals surface area contributed by atoms with Gasteiger partial charge in [0.25, 0.3) is 0 Å². The van der Waals surface area contributed by atoms with Crippen LogP contribution in [0.1, 0.15) is 24.5 Å². The molecule has 4 heteroatoms. The smallest absolute Gasteiger partial charge is 0.226 e. The number of likely N-dealkylation sites (N-methyl/N-ethyl adjacent to an activating group) is 1.